The van der Waals surface area contributed by atoms with Gasteiger partial charge in [0.25, 0.3) is 0 Å². The molecule has 1 unspecified atom stereocenters. The van der Waals surface area contributed by atoms with Crippen LogP contribution in [0.15, 0.2) is 23.4 Å². The van der Waals surface area contributed by atoms with Gasteiger partial charge in [-0.2, -0.15) is 0 Å². The zero-order valence-electron chi connectivity index (χ0n) is 9.79. The van der Waals surface area contributed by atoms with E-state index in [1.807, 2.05) is 32.0 Å². The van der Waals surface area contributed by atoms with E-state index >= 15 is 0 Å². The third-order valence-electron chi connectivity index (χ3n) is 2.64. The minimum Gasteiger partial charge on any atom is -0.388 e. The molecule has 1 rings (SSSR count). The molecule has 0 saturated heterocycles. The number of nitrogens with one attached hydrogen (secondary N) is 2. The smallest absolute Gasteiger partial charge is 0.241 e. The maximum absolute atomic E-state index is 11.7. The van der Waals surface area contributed by atoms with E-state index in [9.17, 15) is 4.79 Å². The van der Waals surface area contributed by atoms with Crippen LogP contribution < -0.4 is 10.6 Å². The molecule has 4 heteroatoms. The van der Waals surface area contributed by atoms with Crippen LogP contribution in [0.2, 0.25) is 0 Å². The molecule has 0 aliphatic carbocycles. The van der Waals surface area contributed by atoms with E-state index in [4.69, 9.17) is 0 Å². The highest BCUT2D eigenvalue weighted by atomic mass is 16.2. The standard InChI is InChI=1S/C11H19N3O/c1-8-7-9(12-2)5-6-14(4)10(8)11(15)13-3/h5,7,10,12H,6H2,1-4H3,(H,13,15). The molecule has 4 nitrogen and oxygen atoms in total. The molecule has 1 aliphatic rings. The van der Waals surface area contributed by atoms with Crippen molar-refractivity contribution < 1.29 is 4.79 Å². The normalized spacial score (nSPS) is 22.5. The lowest BCUT2D eigenvalue weighted by Crippen LogP contribution is -2.44. The maximum Gasteiger partial charge on any atom is 0.241 e. The van der Waals surface area contributed by atoms with E-state index in [1.165, 1.54) is 0 Å². The van der Waals surface area contributed by atoms with Gasteiger partial charge in [0.2, 0.25) is 5.91 Å². The summed E-state index contributed by atoms with van der Waals surface area (Å²) in [5, 5.41) is 5.79. The van der Waals surface area contributed by atoms with Crippen molar-refractivity contribution in [1.29, 1.82) is 0 Å². The minimum absolute atomic E-state index is 0.0389. The topological polar surface area (TPSA) is 44.4 Å². The summed E-state index contributed by atoms with van der Waals surface area (Å²) in [7, 11) is 5.50. The molecular weight excluding hydrogens is 190 g/mol. The molecule has 0 radical (unpaired) electrons. The van der Waals surface area contributed by atoms with E-state index in [-0.39, 0.29) is 11.9 Å². The molecule has 1 aliphatic heterocycles. The van der Waals surface area contributed by atoms with Gasteiger partial charge >= 0.3 is 0 Å². The first-order chi connectivity index (χ1) is 7.10. The highest BCUT2D eigenvalue weighted by Gasteiger charge is 2.24. The molecule has 0 aromatic carbocycles. The number of nitrogens with zero attached hydrogens (tertiary/aromatic N) is 1. The molecule has 1 heterocycles. The summed E-state index contributed by atoms with van der Waals surface area (Å²) >= 11 is 0. The van der Waals surface area contributed by atoms with E-state index in [0.717, 1.165) is 17.8 Å². The third-order valence-corrected chi connectivity index (χ3v) is 2.64. The van der Waals surface area contributed by atoms with Crippen LogP contribution >= 0.6 is 0 Å². The summed E-state index contributed by atoms with van der Waals surface area (Å²) in [5.41, 5.74) is 2.11. The second kappa shape index (κ2) is 4.98. The van der Waals surface area contributed by atoms with Crippen molar-refractivity contribution in [3.8, 4) is 0 Å². The highest BCUT2D eigenvalue weighted by Crippen LogP contribution is 2.14. The Balaban J connectivity index is 2.95. The summed E-state index contributed by atoms with van der Waals surface area (Å²) in [6, 6.07) is -0.169. The van der Waals surface area contributed by atoms with Crippen LogP contribution in [0.25, 0.3) is 0 Å². The first kappa shape index (κ1) is 11.8. The van der Waals surface area contributed by atoms with Gasteiger partial charge in [-0.15, -0.1) is 0 Å². The zero-order valence-corrected chi connectivity index (χ0v) is 9.79. The molecule has 0 aromatic heterocycles. The minimum atomic E-state index is -0.169. The molecule has 1 amide bonds. The number of carbonyl (C=O) groups is 1. The predicted octanol–water partition coefficient (Wildman–Crippen LogP) is 0.0960. The average Bonchev–Trinajstić information content (AvgIpc) is 2.36. The molecule has 84 valence electrons. The van der Waals surface area contributed by atoms with E-state index in [1.54, 1.807) is 7.05 Å². The monoisotopic (exact) mass is 209 g/mol. The number of carbonyl (C=O) groups excluding carboxylic acids is 1. The summed E-state index contributed by atoms with van der Waals surface area (Å²) in [5.74, 6) is 0.0389. The van der Waals surface area contributed by atoms with Gasteiger partial charge < -0.3 is 10.6 Å². The van der Waals surface area contributed by atoms with Crippen molar-refractivity contribution in [2.45, 2.75) is 13.0 Å². The Morgan fingerprint density at radius 2 is 2.20 bits per heavy atom. The van der Waals surface area contributed by atoms with E-state index < -0.39 is 0 Å². The fraction of sp³-hybridized carbons (Fsp3) is 0.545. The number of likely N-dealkylation sites (N-methyl/N-ethyl adjacent to an activating group) is 3. The average molecular weight is 209 g/mol. The van der Waals surface area contributed by atoms with Gasteiger partial charge in [-0.05, 0) is 31.7 Å². The van der Waals surface area contributed by atoms with Crippen LogP contribution in [-0.4, -0.2) is 44.5 Å². The predicted molar refractivity (Wildman–Crippen MR) is 61.4 cm³/mol. The fourth-order valence-corrected chi connectivity index (χ4v) is 1.80. The van der Waals surface area contributed by atoms with Crippen LogP contribution in [0.5, 0.6) is 0 Å². The first-order valence-electron chi connectivity index (χ1n) is 5.08. The van der Waals surface area contributed by atoms with Crippen LogP contribution in [0.1, 0.15) is 6.92 Å². The second-order valence-electron chi connectivity index (χ2n) is 3.75. The van der Waals surface area contributed by atoms with Crippen molar-refractivity contribution in [2.24, 2.45) is 0 Å². The Labute approximate surface area is 91.0 Å². The van der Waals surface area contributed by atoms with Crippen molar-refractivity contribution in [2.75, 3.05) is 27.7 Å². The number of amides is 1. The van der Waals surface area contributed by atoms with Crippen molar-refractivity contribution in [3.05, 3.63) is 23.4 Å². The van der Waals surface area contributed by atoms with Crippen LogP contribution in [-0.2, 0) is 4.79 Å². The molecule has 0 spiro atoms. The summed E-state index contributed by atoms with van der Waals surface area (Å²) in [6.07, 6.45) is 4.09. The SMILES string of the molecule is CNC(=O)C1C(C)=CC(NC)=CCN1C. The van der Waals surface area contributed by atoms with E-state index in [0.29, 0.717) is 0 Å². The lowest BCUT2D eigenvalue weighted by Gasteiger charge is -2.24. The third kappa shape index (κ3) is 2.59. The largest absolute Gasteiger partial charge is 0.388 e. The van der Waals surface area contributed by atoms with Crippen LogP contribution in [0.3, 0.4) is 0 Å². The molecule has 2 N–H and O–H groups in total. The fourth-order valence-electron chi connectivity index (χ4n) is 1.80. The zero-order chi connectivity index (χ0) is 11.4. The van der Waals surface area contributed by atoms with Gasteiger partial charge in [0.15, 0.2) is 0 Å². The quantitative estimate of drug-likeness (QED) is 0.678. The number of hydrogen-bond acceptors (Lipinski definition) is 3. The Morgan fingerprint density at radius 3 is 2.73 bits per heavy atom. The van der Waals surface area contributed by atoms with Crippen molar-refractivity contribution in [1.82, 2.24) is 15.5 Å². The number of rotatable bonds is 2. The molecule has 0 fully saturated rings. The van der Waals surface area contributed by atoms with Crippen LogP contribution in [0.4, 0.5) is 0 Å². The van der Waals surface area contributed by atoms with Crippen molar-refractivity contribution in [3.63, 3.8) is 0 Å². The van der Waals surface area contributed by atoms with Gasteiger partial charge in [0.1, 0.15) is 6.04 Å². The first-order valence-corrected chi connectivity index (χ1v) is 5.08. The van der Waals surface area contributed by atoms with E-state index in [2.05, 4.69) is 16.7 Å². The Hall–Kier alpha value is -1.29. The Kier molecular flexibility index (Phi) is 3.91. The summed E-state index contributed by atoms with van der Waals surface area (Å²) < 4.78 is 0. The molecular formula is C11H19N3O. The van der Waals surface area contributed by atoms with Gasteiger partial charge in [-0.25, -0.2) is 0 Å². The van der Waals surface area contributed by atoms with Crippen LogP contribution in [0, 0.1) is 0 Å². The molecule has 0 aromatic rings. The molecule has 15 heavy (non-hydrogen) atoms. The van der Waals surface area contributed by atoms with Crippen molar-refractivity contribution >= 4 is 5.91 Å². The molecule has 0 saturated carbocycles. The Morgan fingerprint density at radius 1 is 1.53 bits per heavy atom. The summed E-state index contributed by atoms with van der Waals surface area (Å²) in [6.45, 7) is 2.75. The lowest BCUT2D eigenvalue weighted by molar-refractivity contribution is -0.124. The Bertz CT molecular complexity index is 307. The second-order valence-corrected chi connectivity index (χ2v) is 3.75. The van der Waals surface area contributed by atoms with Gasteiger partial charge in [0, 0.05) is 26.3 Å². The van der Waals surface area contributed by atoms with Gasteiger partial charge in [0.05, 0.1) is 0 Å². The highest BCUT2D eigenvalue weighted by molar-refractivity contribution is 5.84. The van der Waals surface area contributed by atoms with Gasteiger partial charge in [-0.3, -0.25) is 9.69 Å². The summed E-state index contributed by atoms with van der Waals surface area (Å²) in [4.78, 5) is 13.7. The molecule has 0 bridgehead atoms. The maximum atomic E-state index is 11.7. The van der Waals surface area contributed by atoms with Gasteiger partial charge in [-0.1, -0.05) is 0 Å². The number of hydrogen-bond donors (Lipinski definition) is 2. The number of allylic oxidation sites excluding steroid dienone is 1. The molecule has 1 atom stereocenters. The lowest BCUT2D eigenvalue weighted by atomic mass is 10.1.